The first kappa shape index (κ1) is 54.6. The van der Waals surface area contributed by atoms with E-state index in [0.717, 1.165) is 73.1 Å². The van der Waals surface area contributed by atoms with Crippen molar-refractivity contribution in [3.63, 3.8) is 0 Å². The van der Waals surface area contributed by atoms with Gasteiger partial charge in [-0.1, -0.05) is 218 Å². The fourth-order valence-corrected chi connectivity index (χ4v) is 14.8. The highest BCUT2D eigenvalue weighted by Crippen LogP contribution is 2.56. The van der Waals surface area contributed by atoms with Crippen LogP contribution in [0.1, 0.15) is 130 Å². The molecule has 2 aliphatic heterocycles. The van der Waals surface area contributed by atoms with Gasteiger partial charge in [0.25, 0.3) is 6.71 Å². The Morgan fingerprint density at radius 1 is 0.391 bits per heavy atom. The summed E-state index contributed by atoms with van der Waals surface area (Å²) in [6, 6.07) is 81.0. The first-order chi connectivity index (χ1) is 41.4. The summed E-state index contributed by atoms with van der Waals surface area (Å²) in [5.74, 6) is 0. The number of furan rings is 1. The van der Waals surface area contributed by atoms with Gasteiger partial charge in [0.2, 0.25) is 0 Å². The first-order valence-electron chi connectivity index (χ1n) is 31.3. The van der Waals surface area contributed by atoms with E-state index in [1.165, 1.54) is 77.6 Å². The molecule has 4 heterocycles. The maximum atomic E-state index is 6.86. The van der Waals surface area contributed by atoms with E-state index in [1.807, 2.05) is 0 Å². The van der Waals surface area contributed by atoms with E-state index >= 15 is 0 Å². The van der Waals surface area contributed by atoms with Crippen LogP contribution < -0.4 is 31.1 Å². The Balaban J connectivity index is 1.08. The molecule has 0 bridgehead atoms. The van der Waals surface area contributed by atoms with Gasteiger partial charge in [0.15, 0.2) is 0 Å². The molecule has 2 aromatic heterocycles. The average molecular weight is 1130 g/mol. The monoisotopic (exact) mass is 1130 g/mol. The van der Waals surface area contributed by atoms with Crippen LogP contribution in [0.4, 0.5) is 51.2 Å². The van der Waals surface area contributed by atoms with E-state index < -0.39 is 0 Å². The summed E-state index contributed by atoms with van der Waals surface area (Å²) in [5, 5.41) is 3.48. The van der Waals surface area contributed by atoms with Crippen molar-refractivity contribution in [3.8, 4) is 16.9 Å². The van der Waals surface area contributed by atoms with Gasteiger partial charge in [-0.2, -0.15) is 0 Å². The maximum absolute atomic E-state index is 6.86. The molecule has 15 rings (SSSR count). The number of fused-ring (bicyclic) bond motifs is 12. The van der Waals surface area contributed by atoms with Crippen LogP contribution in [0.15, 0.2) is 217 Å². The van der Waals surface area contributed by atoms with Crippen LogP contribution in [0.2, 0.25) is 0 Å². The van der Waals surface area contributed by atoms with Gasteiger partial charge < -0.3 is 23.7 Å². The highest BCUT2D eigenvalue weighted by molar-refractivity contribution is 7.00. The van der Waals surface area contributed by atoms with Gasteiger partial charge in [0.1, 0.15) is 11.2 Å². The van der Waals surface area contributed by atoms with Gasteiger partial charge in [-0.15, -0.1) is 0 Å². The van der Waals surface area contributed by atoms with Gasteiger partial charge in [-0.05, 0) is 162 Å². The van der Waals surface area contributed by atoms with E-state index in [2.05, 4.69) is 329 Å². The lowest BCUT2D eigenvalue weighted by Crippen LogP contribution is -2.60. The van der Waals surface area contributed by atoms with Gasteiger partial charge in [0, 0.05) is 72.8 Å². The zero-order chi connectivity index (χ0) is 60.4. The molecule has 12 aromatic rings. The van der Waals surface area contributed by atoms with Gasteiger partial charge in [-0.25, -0.2) is 0 Å². The number of aromatic nitrogens is 1. The molecule has 0 amide bonds. The molecule has 430 valence electrons. The van der Waals surface area contributed by atoms with Crippen molar-refractivity contribution in [3.05, 3.63) is 246 Å². The quantitative estimate of drug-likeness (QED) is 0.149. The van der Waals surface area contributed by atoms with Gasteiger partial charge in [-0.3, -0.25) is 0 Å². The van der Waals surface area contributed by atoms with Crippen LogP contribution in [-0.4, -0.2) is 11.3 Å². The lowest BCUT2D eigenvalue weighted by atomic mass is 9.33. The number of anilines is 9. The highest BCUT2D eigenvalue weighted by atomic mass is 16.3. The Bertz CT molecular complexity index is 4630. The Hall–Kier alpha value is -9.00. The zero-order valence-electron chi connectivity index (χ0n) is 53.0. The van der Waals surface area contributed by atoms with Crippen LogP contribution in [-0.2, 0) is 27.1 Å². The van der Waals surface area contributed by atoms with E-state index in [9.17, 15) is 0 Å². The predicted octanol–water partition coefficient (Wildman–Crippen LogP) is 20.6. The fraction of sp³-hybridized carbons (Fsp3) is 0.235. The third-order valence-corrected chi connectivity index (χ3v) is 19.4. The van der Waals surface area contributed by atoms with E-state index in [1.54, 1.807) is 0 Å². The standard InChI is InChI=1S/C81H77BN4O/c1-77(2,3)50-29-37-54(38-30-50)83(55-39-31-51(32-40-55)78(4,5)6)58-45-46-64-67(47-58)85(66-26-20-28-71-72(66)61-22-16-18-27-70(61)87-71)68-48-59(84(56-41-33-52(34-42-56)79(7,8)9)57-43-35-53(36-44-57)80(10,11)12)49-69-74(68)82(64)65-25-19-23-62-73-76(86(69)75(62)65)60-21-15-17-24-63(60)81(73,13)14/h15-49H,1-14H3. The second kappa shape index (κ2) is 19.0. The number of hydrogen-bond donors (Lipinski definition) is 0. The average Bonchev–Trinajstić information content (AvgIpc) is 1.58. The summed E-state index contributed by atoms with van der Waals surface area (Å²) >= 11 is 0. The van der Waals surface area contributed by atoms with Crippen molar-refractivity contribution in [1.29, 1.82) is 0 Å². The van der Waals surface area contributed by atoms with Crippen molar-refractivity contribution < 1.29 is 4.42 Å². The fourth-order valence-electron chi connectivity index (χ4n) is 14.8. The minimum absolute atomic E-state index is 0.00323. The van der Waals surface area contributed by atoms with Gasteiger partial charge in [0.05, 0.1) is 22.5 Å². The predicted molar refractivity (Wildman–Crippen MR) is 372 cm³/mol. The number of rotatable bonds is 7. The smallest absolute Gasteiger partial charge is 0.252 e. The topological polar surface area (TPSA) is 27.8 Å². The minimum atomic E-state index is -0.249. The zero-order valence-corrected chi connectivity index (χ0v) is 53.0. The van der Waals surface area contributed by atoms with Crippen LogP contribution in [0.3, 0.4) is 0 Å². The number of para-hydroxylation sites is 2. The number of nitrogens with zero attached hydrogens (tertiary/aromatic N) is 4. The summed E-state index contributed by atoms with van der Waals surface area (Å²) < 4.78 is 9.54. The Morgan fingerprint density at radius 2 is 0.851 bits per heavy atom. The molecular weight excluding hydrogens is 1060 g/mol. The molecule has 0 atom stereocenters. The molecule has 87 heavy (non-hydrogen) atoms. The Kier molecular flexibility index (Phi) is 11.9. The molecule has 0 saturated heterocycles. The van der Waals surface area contributed by atoms with Crippen molar-refractivity contribution >= 4 is 107 Å². The Labute approximate surface area is 514 Å². The molecule has 3 aliphatic rings. The molecule has 0 fully saturated rings. The van der Waals surface area contributed by atoms with Crippen molar-refractivity contribution in [1.82, 2.24) is 4.57 Å². The molecule has 5 nitrogen and oxygen atoms in total. The lowest BCUT2D eigenvalue weighted by molar-refractivity contribution is 0.590. The lowest BCUT2D eigenvalue weighted by Gasteiger charge is -2.42. The van der Waals surface area contributed by atoms with E-state index in [4.69, 9.17) is 4.42 Å². The molecule has 1 aliphatic carbocycles. The summed E-state index contributed by atoms with van der Waals surface area (Å²) in [4.78, 5) is 7.58. The SMILES string of the molecule is CC(C)(C)c1ccc(N(c2ccc(C(C)(C)C)cc2)c2ccc3c(c2)N(c2cccc4oc5ccccc5c24)c2cc(N(c4ccc(C(C)(C)C)cc4)c4ccc(C(C)(C)C)cc4)cc4c2B3c2cccc3c5c(n-4c23)-c2ccccc2C5(C)C)cc1. The van der Waals surface area contributed by atoms with Crippen LogP contribution in [0, 0.1) is 0 Å². The molecule has 0 unspecified atom stereocenters. The third-order valence-electron chi connectivity index (χ3n) is 19.4. The second-order valence-electron chi connectivity index (χ2n) is 29.5. The number of hydrogen-bond acceptors (Lipinski definition) is 4. The van der Waals surface area contributed by atoms with E-state index in [-0.39, 0.29) is 33.8 Å². The first-order valence-corrected chi connectivity index (χ1v) is 31.3. The molecule has 10 aromatic carbocycles. The van der Waals surface area contributed by atoms with Crippen LogP contribution >= 0.6 is 0 Å². The number of benzene rings is 10. The molecular formula is C81H77BN4O. The molecule has 0 spiro atoms. The second-order valence-corrected chi connectivity index (χ2v) is 29.5. The summed E-state index contributed by atoms with van der Waals surface area (Å²) in [7, 11) is 0. The highest BCUT2D eigenvalue weighted by Gasteiger charge is 2.48. The molecule has 0 saturated carbocycles. The largest absolute Gasteiger partial charge is 0.456 e. The van der Waals surface area contributed by atoms with Crippen LogP contribution in [0.25, 0.3) is 49.8 Å². The van der Waals surface area contributed by atoms with Crippen molar-refractivity contribution in [2.24, 2.45) is 0 Å². The van der Waals surface area contributed by atoms with E-state index in [0.29, 0.717) is 0 Å². The maximum Gasteiger partial charge on any atom is 0.252 e. The molecule has 0 N–H and O–H groups in total. The van der Waals surface area contributed by atoms with Gasteiger partial charge >= 0.3 is 0 Å². The van der Waals surface area contributed by atoms with Crippen molar-refractivity contribution in [2.45, 2.75) is 124 Å². The normalized spacial score (nSPS) is 14.1. The molecule has 0 radical (unpaired) electrons. The summed E-state index contributed by atoms with van der Waals surface area (Å²) in [6.45, 7) is 32.3. The van der Waals surface area contributed by atoms with Crippen LogP contribution in [0.5, 0.6) is 0 Å². The van der Waals surface area contributed by atoms with Crippen molar-refractivity contribution in [2.75, 3.05) is 14.7 Å². The summed E-state index contributed by atoms with van der Waals surface area (Å²) in [6.07, 6.45) is 0. The molecule has 6 heteroatoms. The Morgan fingerprint density at radius 3 is 1.41 bits per heavy atom. The minimum Gasteiger partial charge on any atom is -0.456 e. The summed E-state index contributed by atoms with van der Waals surface area (Å²) in [5.41, 5.74) is 28.1. The third kappa shape index (κ3) is 8.48.